The lowest BCUT2D eigenvalue weighted by Crippen LogP contribution is -2.03. The molecule has 1 fully saturated rings. The monoisotopic (exact) mass is 248 g/mol. The molecule has 0 spiro atoms. The van der Waals surface area contributed by atoms with Crippen LogP contribution in [0.3, 0.4) is 0 Å². The molecule has 1 aliphatic carbocycles. The standard InChI is InChI=1S/C9H12.C8H16.CH4/c1-2-6-9-7-4-3-5-8-9;1-2-8-6-4-3-5-7-8;/h3-5,7-8H,2,6H2,1H3;8H,2-7H2,1H3;1H4. The van der Waals surface area contributed by atoms with Crippen LogP contribution >= 0.6 is 0 Å². The number of aryl methyl sites for hydroxylation is 1. The summed E-state index contributed by atoms with van der Waals surface area (Å²) in [6.45, 7) is 4.52. The zero-order valence-corrected chi connectivity index (χ0v) is 11.6. The van der Waals surface area contributed by atoms with Gasteiger partial charge in [-0.15, -0.1) is 0 Å². The minimum absolute atomic E-state index is 0. The summed E-state index contributed by atoms with van der Waals surface area (Å²) < 4.78 is 0. The SMILES string of the molecule is C.CCC1CCCCC1.CCCc1ccccc1. The van der Waals surface area contributed by atoms with E-state index in [1.807, 2.05) is 0 Å². The van der Waals surface area contributed by atoms with Gasteiger partial charge in [0.15, 0.2) is 0 Å². The van der Waals surface area contributed by atoms with Crippen LogP contribution in [-0.2, 0) is 6.42 Å². The Labute approximate surface area is 115 Å². The maximum Gasteiger partial charge on any atom is -0.0281 e. The average molecular weight is 248 g/mol. The third-order valence-electron chi connectivity index (χ3n) is 3.68. The van der Waals surface area contributed by atoms with Gasteiger partial charge in [-0.05, 0) is 17.9 Å². The molecule has 0 atom stereocenters. The van der Waals surface area contributed by atoms with Gasteiger partial charge in [-0.25, -0.2) is 0 Å². The Morgan fingerprint density at radius 1 is 0.944 bits per heavy atom. The minimum Gasteiger partial charge on any atom is -0.0776 e. The quantitative estimate of drug-likeness (QED) is 0.593. The highest BCUT2D eigenvalue weighted by atomic mass is 14.2. The second-order valence-electron chi connectivity index (χ2n) is 5.15. The van der Waals surface area contributed by atoms with Gasteiger partial charge in [0.05, 0.1) is 0 Å². The first-order valence-electron chi connectivity index (χ1n) is 7.40. The van der Waals surface area contributed by atoms with E-state index in [-0.39, 0.29) is 7.43 Å². The zero-order valence-electron chi connectivity index (χ0n) is 11.6. The third-order valence-corrected chi connectivity index (χ3v) is 3.68. The molecule has 1 saturated carbocycles. The second-order valence-corrected chi connectivity index (χ2v) is 5.15. The van der Waals surface area contributed by atoms with Gasteiger partial charge in [-0.2, -0.15) is 0 Å². The summed E-state index contributed by atoms with van der Waals surface area (Å²) in [6, 6.07) is 10.6. The molecule has 0 saturated heterocycles. The van der Waals surface area contributed by atoms with E-state index in [2.05, 4.69) is 44.2 Å². The number of benzene rings is 1. The first-order chi connectivity index (χ1) is 8.36. The van der Waals surface area contributed by atoms with Crippen LogP contribution in [0, 0.1) is 5.92 Å². The van der Waals surface area contributed by atoms with Crippen molar-refractivity contribution in [1.29, 1.82) is 0 Å². The summed E-state index contributed by atoms with van der Waals surface area (Å²) in [7, 11) is 0. The van der Waals surface area contributed by atoms with Gasteiger partial charge in [-0.1, -0.05) is 96.6 Å². The van der Waals surface area contributed by atoms with Gasteiger partial charge in [0, 0.05) is 0 Å². The first-order valence-corrected chi connectivity index (χ1v) is 7.40. The molecule has 1 aromatic rings. The van der Waals surface area contributed by atoms with E-state index < -0.39 is 0 Å². The van der Waals surface area contributed by atoms with Crippen molar-refractivity contribution in [3.8, 4) is 0 Å². The van der Waals surface area contributed by atoms with Crippen molar-refractivity contribution in [2.24, 2.45) is 5.92 Å². The van der Waals surface area contributed by atoms with Crippen molar-refractivity contribution in [1.82, 2.24) is 0 Å². The maximum absolute atomic E-state index is 2.32. The van der Waals surface area contributed by atoms with Crippen molar-refractivity contribution in [3.05, 3.63) is 35.9 Å². The van der Waals surface area contributed by atoms with Gasteiger partial charge >= 0.3 is 0 Å². The number of rotatable bonds is 3. The van der Waals surface area contributed by atoms with Crippen LogP contribution < -0.4 is 0 Å². The predicted molar refractivity (Wildman–Crippen MR) is 84.0 cm³/mol. The Kier molecular flexibility index (Phi) is 10.8. The molecule has 1 aliphatic rings. The number of hydrogen-bond acceptors (Lipinski definition) is 0. The molecule has 18 heavy (non-hydrogen) atoms. The number of hydrogen-bond donors (Lipinski definition) is 0. The van der Waals surface area contributed by atoms with E-state index in [0.29, 0.717) is 0 Å². The third kappa shape index (κ3) is 7.53. The highest BCUT2D eigenvalue weighted by Gasteiger charge is 2.09. The predicted octanol–water partition coefficient (Wildman–Crippen LogP) is 6.25. The van der Waals surface area contributed by atoms with Crippen LogP contribution in [0.25, 0.3) is 0 Å². The van der Waals surface area contributed by atoms with Crippen molar-refractivity contribution in [2.75, 3.05) is 0 Å². The van der Waals surface area contributed by atoms with Gasteiger partial charge in [-0.3, -0.25) is 0 Å². The molecule has 2 rings (SSSR count). The highest BCUT2D eigenvalue weighted by molar-refractivity contribution is 5.14. The summed E-state index contributed by atoms with van der Waals surface area (Å²) in [5, 5.41) is 0. The summed E-state index contributed by atoms with van der Waals surface area (Å²) in [5.74, 6) is 1.09. The van der Waals surface area contributed by atoms with E-state index >= 15 is 0 Å². The molecule has 0 nitrogen and oxygen atoms in total. The minimum atomic E-state index is 0. The Balaban J connectivity index is 0.000000306. The van der Waals surface area contributed by atoms with E-state index in [9.17, 15) is 0 Å². The molecule has 0 unspecified atom stereocenters. The molecule has 0 heterocycles. The molecule has 0 bridgehead atoms. The molecule has 104 valence electrons. The highest BCUT2D eigenvalue weighted by Crippen LogP contribution is 2.25. The van der Waals surface area contributed by atoms with Crippen LogP contribution in [0.2, 0.25) is 0 Å². The van der Waals surface area contributed by atoms with Crippen molar-refractivity contribution >= 4 is 0 Å². The fourth-order valence-corrected chi connectivity index (χ4v) is 2.53. The lowest BCUT2D eigenvalue weighted by molar-refractivity contribution is 0.349. The largest absolute Gasteiger partial charge is 0.0776 e. The molecule has 1 aromatic carbocycles. The van der Waals surface area contributed by atoms with Crippen molar-refractivity contribution in [3.63, 3.8) is 0 Å². The van der Waals surface area contributed by atoms with Gasteiger partial charge in [0.25, 0.3) is 0 Å². The van der Waals surface area contributed by atoms with Gasteiger partial charge < -0.3 is 0 Å². The Morgan fingerprint density at radius 2 is 1.56 bits per heavy atom. The maximum atomic E-state index is 2.32. The molecule has 0 radical (unpaired) electrons. The van der Waals surface area contributed by atoms with Crippen LogP contribution in [0.5, 0.6) is 0 Å². The summed E-state index contributed by atoms with van der Waals surface area (Å²) >= 11 is 0. The molecular weight excluding hydrogens is 216 g/mol. The normalized spacial score (nSPS) is 15.2. The molecule has 0 N–H and O–H groups in total. The van der Waals surface area contributed by atoms with Crippen LogP contribution in [0.15, 0.2) is 30.3 Å². The smallest absolute Gasteiger partial charge is 0.0281 e. The fraction of sp³-hybridized carbons (Fsp3) is 0.667. The summed E-state index contributed by atoms with van der Waals surface area (Å²) in [6.07, 6.45) is 11.4. The van der Waals surface area contributed by atoms with E-state index in [0.717, 1.165) is 5.92 Å². The topological polar surface area (TPSA) is 0 Å². The fourth-order valence-electron chi connectivity index (χ4n) is 2.53. The van der Waals surface area contributed by atoms with Crippen LogP contribution in [0.4, 0.5) is 0 Å². The van der Waals surface area contributed by atoms with Crippen LogP contribution in [0.1, 0.15) is 71.8 Å². The second kappa shape index (κ2) is 11.3. The summed E-state index contributed by atoms with van der Waals surface area (Å²) in [4.78, 5) is 0. The van der Waals surface area contributed by atoms with E-state index in [1.54, 1.807) is 0 Å². The zero-order chi connectivity index (χ0) is 12.3. The molecule has 0 heteroatoms. The first kappa shape index (κ1) is 17.2. The molecule has 0 aliphatic heterocycles. The molecule has 0 amide bonds. The molecular formula is C18H32. The van der Waals surface area contributed by atoms with E-state index in [1.165, 1.54) is 56.9 Å². The van der Waals surface area contributed by atoms with Crippen LogP contribution in [-0.4, -0.2) is 0 Å². The lowest BCUT2D eigenvalue weighted by Gasteiger charge is -2.18. The average Bonchev–Trinajstić information content (AvgIpc) is 2.42. The Hall–Kier alpha value is -0.780. The van der Waals surface area contributed by atoms with Gasteiger partial charge in [0.2, 0.25) is 0 Å². The Bertz CT molecular complexity index is 257. The molecule has 0 aromatic heterocycles. The van der Waals surface area contributed by atoms with Crippen molar-refractivity contribution in [2.45, 2.75) is 72.6 Å². The van der Waals surface area contributed by atoms with Gasteiger partial charge in [0.1, 0.15) is 0 Å². The van der Waals surface area contributed by atoms with E-state index in [4.69, 9.17) is 0 Å². The summed E-state index contributed by atoms with van der Waals surface area (Å²) in [5.41, 5.74) is 1.44. The Morgan fingerprint density at radius 3 is 2.00 bits per heavy atom. The van der Waals surface area contributed by atoms with Crippen molar-refractivity contribution < 1.29 is 0 Å². The lowest BCUT2D eigenvalue weighted by atomic mass is 9.88.